The van der Waals surface area contributed by atoms with Crippen LogP contribution in [0.25, 0.3) is 12.2 Å². The van der Waals surface area contributed by atoms with Crippen LogP contribution in [0.3, 0.4) is 0 Å². The minimum absolute atomic E-state index is 0.0126. The molecule has 0 aliphatic carbocycles. The van der Waals surface area contributed by atoms with Crippen LogP contribution >= 0.6 is 0 Å². The van der Waals surface area contributed by atoms with E-state index < -0.39 is 11.6 Å². The summed E-state index contributed by atoms with van der Waals surface area (Å²) in [7, 11) is 0. The zero-order chi connectivity index (χ0) is 33.0. The van der Waals surface area contributed by atoms with Gasteiger partial charge in [-0.25, -0.2) is 8.78 Å². The van der Waals surface area contributed by atoms with Crippen molar-refractivity contribution in [3.63, 3.8) is 0 Å². The number of benzene rings is 2. The Morgan fingerprint density at radius 2 is 1.11 bits per heavy atom. The van der Waals surface area contributed by atoms with Gasteiger partial charge in [-0.3, -0.25) is 14.4 Å². The Balaban J connectivity index is 1.39. The second-order valence-electron chi connectivity index (χ2n) is 12.4. The van der Waals surface area contributed by atoms with Crippen LogP contribution in [0, 0.1) is 11.6 Å². The van der Waals surface area contributed by atoms with Crippen LogP contribution in [-0.2, 0) is 14.4 Å². The zero-order valence-corrected chi connectivity index (χ0v) is 27.6. The lowest BCUT2D eigenvalue weighted by Crippen LogP contribution is -2.42. The van der Waals surface area contributed by atoms with Crippen molar-refractivity contribution < 1.29 is 23.2 Å². The molecule has 0 atom stereocenters. The molecule has 7 heteroatoms. The SMILES string of the molecule is CCCCCCCCCCCCCCCCNC(=O)CCC(=O)N1C/C(=C\c2ccccc2F)C(=O)/C(=C/c2ccccc2F)C1. The second kappa shape index (κ2) is 21.2. The number of nitrogens with one attached hydrogen (secondary N) is 1. The third kappa shape index (κ3) is 13.4. The number of piperidine rings is 1. The highest BCUT2D eigenvalue weighted by atomic mass is 19.1. The van der Waals surface area contributed by atoms with Crippen LogP contribution in [0.1, 0.15) is 121 Å². The summed E-state index contributed by atoms with van der Waals surface area (Å²) < 4.78 is 28.8. The Morgan fingerprint density at radius 3 is 1.57 bits per heavy atom. The molecule has 0 aromatic heterocycles. The molecule has 1 aliphatic heterocycles. The molecule has 0 unspecified atom stereocenters. The van der Waals surface area contributed by atoms with Gasteiger partial charge in [-0.15, -0.1) is 0 Å². The van der Waals surface area contributed by atoms with E-state index in [4.69, 9.17) is 0 Å². The maximum absolute atomic E-state index is 14.4. The lowest BCUT2D eigenvalue weighted by molar-refractivity contribution is -0.133. The molecule has 1 N–H and O–H groups in total. The van der Waals surface area contributed by atoms with Crippen LogP contribution in [0.15, 0.2) is 59.7 Å². The number of carbonyl (C=O) groups excluding carboxylic acids is 3. The molecular formula is C39H52F2N2O3. The van der Waals surface area contributed by atoms with Crippen molar-refractivity contribution in [3.05, 3.63) is 82.4 Å². The maximum atomic E-state index is 14.4. The molecule has 46 heavy (non-hydrogen) atoms. The van der Waals surface area contributed by atoms with Crippen molar-refractivity contribution in [2.45, 2.75) is 110 Å². The van der Waals surface area contributed by atoms with E-state index in [1.165, 1.54) is 106 Å². The second-order valence-corrected chi connectivity index (χ2v) is 12.4. The molecule has 250 valence electrons. The minimum atomic E-state index is -0.485. The number of Topliss-reactive ketones (excluding diaryl/α,β-unsaturated/α-hetero) is 1. The first-order chi connectivity index (χ1) is 22.4. The van der Waals surface area contributed by atoms with E-state index in [0.717, 1.165) is 12.8 Å². The Bertz CT molecular complexity index is 1250. The molecule has 1 fully saturated rings. The molecule has 0 spiro atoms. The van der Waals surface area contributed by atoms with Gasteiger partial charge in [-0.1, -0.05) is 127 Å². The summed E-state index contributed by atoms with van der Waals surface area (Å²) in [4.78, 5) is 40.4. The molecule has 0 bridgehead atoms. The van der Waals surface area contributed by atoms with Gasteiger partial charge in [0, 0.05) is 54.7 Å². The van der Waals surface area contributed by atoms with E-state index >= 15 is 0 Å². The molecule has 0 saturated carbocycles. The van der Waals surface area contributed by atoms with Gasteiger partial charge in [-0.2, -0.15) is 0 Å². The van der Waals surface area contributed by atoms with Crippen LogP contribution in [-0.4, -0.2) is 42.1 Å². The van der Waals surface area contributed by atoms with Crippen molar-refractivity contribution in [2.24, 2.45) is 0 Å². The van der Waals surface area contributed by atoms with Gasteiger partial charge in [0.05, 0.1) is 0 Å². The normalized spacial score (nSPS) is 15.1. The summed E-state index contributed by atoms with van der Waals surface area (Å²) in [5.74, 6) is -1.80. The van der Waals surface area contributed by atoms with E-state index in [-0.39, 0.29) is 65.8 Å². The predicted octanol–water partition coefficient (Wildman–Crippen LogP) is 9.22. The molecule has 5 nitrogen and oxygen atoms in total. The number of carbonyl (C=O) groups is 3. The van der Waals surface area contributed by atoms with E-state index in [0.29, 0.717) is 6.54 Å². The van der Waals surface area contributed by atoms with Gasteiger partial charge in [0.1, 0.15) is 11.6 Å². The van der Waals surface area contributed by atoms with Crippen LogP contribution in [0.4, 0.5) is 8.78 Å². The van der Waals surface area contributed by atoms with Crippen molar-refractivity contribution >= 4 is 29.7 Å². The minimum Gasteiger partial charge on any atom is -0.356 e. The van der Waals surface area contributed by atoms with Crippen molar-refractivity contribution in [3.8, 4) is 0 Å². The highest BCUT2D eigenvalue weighted by Crippen LogP contribution is 2.24. The summed E-state index contributed by atoms with van der Waals surface area (Å²) in [6.07, 6.45) is 20.8. The summed E-state index contributed by atoms with van der Waals surface area (Å²) in [6, 6.07) is 12.2. The highest BCUT2D eigenvalue weighted by Gasteiger charge is 2.29. The maximum Gasteiger partial charge on any atom is 0.223 e. The van der Waals surface area contributed by atoms with E-state index in [1.54, 1.807) is 36.4 Å². The fourth-order valence-electron chi connectivity index (χ4n) is 5.79. The molecule has 2 amide bonds. The lowest BCUT2D eigenvalue weighted by atomic mass is 9.93. The Hall–Kier alpha value is -3.61. The number of rotatable bonds is 20. The van der Waals surface area contributed by atoms with Crippen LogP contribution in [0.5, 0.6) is 0 Å². The number of unbranched alkanes of at least 4 members (excludes halogenated alkanes) is 13. The van der Waals surface area contributed by atoms with Gasteiger partial charge in [0.15, 0.2) is 5.78 Å². The van der Waals surface area contributed by atoms with Gasteiger partial charge in [-0.05, 0) is 30.7 Å². The molecule has 1 heterocycles. The average Bonchev–Trinajstić information content (AvgIpc) is 3.05. The quantitative estimate of drug-likeness (QED) is 0.117. The van der Waals surface area contributed by atoms with Gasteiger partial charge in [0.2, 0.25) is 11.8 Å². The van der Waals surface area contributed by atoms with E-state index in [2.05, 4.69) is 12.2 Å². The molecule has 1 saturated heterocycles. The molecule has 2 aromatic rings. The monoisotopic (exact) mass is 634 g/mol. The Morgan fingerprint density at radius 1 is 0.674 bits per heavy atom. The third-order valence-corrected chi connectivity index (χ3v) is 8.55. The fraction of sp³-hybridized carbons (Fsp3) is 0.513. The van der Waals surface area contributed by atoms with Gasteiger partial charge >= 0.3 is 0 Å². The Kier molecular flexibility index (Phi) is 17.0. The van der Waals surface area contributed by atoms with Gasteiger partial charge < -0.3 is 10.2 Å². The predicted molar refractivity (Wildman–Crippen MR) is 183 cm³/mol. The highest BCUT2D eigenvalue weighted by molar-refractivity contribution is 6.15. The molecule has 0 radical (unpaired) electrons. The molecule has 3 rings (SSSR count). The number of likely N-dealkylation sites (tertiary alicyclic amines) is 1. The van der Waals surface area contributed by atoms with E-state index in [1.807, 2.05) is 0 Å². The first-order valence-corrected chi connectivity index (χ1v) is 17.4. The van der Waals surface area contributed by atoms with Crippen LogP contribution in [0.2, 0.25) is 0 Å². The number of ketones is 1. The lowest BCUT2D eigenvalue weighted by Gasteiger charge is -2.30. The standard InChI is InChI=1S/C39H52F2N2O3/c1-2-3-4-5-6-7-8-9-10-11-12-13-14-19-26-42-37(44)24-25-38(45)43-29-33(27-31-20-15-17-22-35(31)40)39(46)34(30-43)28-32-21-16-18-23-36(32)41/h15-18,20-23,27-28H,2-14,19,24-26,29-30H2,1H3,(H,42,44)/b33-27+,34-28+. The Labute approximate surface area is 274 Å². The first kappa shape index (κ1) is 36.9. The van der Waals surface area contributed by atoms with Crippen molar-refractivity contribution in [1.29, 1.82) is 0 Å². The summed E-state index contributed by atoms with van der Waals surface area (Å²) in [5.41, 5.74) is 0.922. The van der Waals surface area contributed by atoms with Crippen molar-refractivity contribution in [1.82, 2.24) is 10.2 Å². The number of hydrogen-bond donors (Lipinski definition) is 1. The summed E-state index contributed by atoms with van der Waals surface area (Å²) >= 11 is 0. The van der Waals surface area contributed by atoms with Crippen LogP contribution < -0.4 is 5.32 Å². The zero-order valence-electron chi connectivity index (χ0n) is 27.6. The first-order valence-electron chi connectivity index (χ1n) is 17.4. The molecular weight excluding hydrogens is 582 g/mol. The fourth-order valence-corrected chi connectivity index (χ4v) is 5.79. The number of amides is 2. The molecule has 2 aromatic carbocycles. The number of halogens is 2. The van der Waals surface area contributed by atoms with E-state index in [9.17, 15) is 23.2 Å². The third-order valence-electron chi connectivity index (χ3n) is 8.55. The largest absolute Gasteiger partial charge is 0.356 e. The number of hydrogen-bond acceptors (Lipinski definition) is 3. The van der Waals surface area contributed by atoms with Crippen molar-refractivity contribution in [2.75, 3.05) is 19.6 Å². The topological polar surface area (TPSA) is 66.5 Å². The van der Waals surface area contributed by atoms with Gasteiger partial charge in [0.25, 0.3) is 0 Å². The average molecular weight is 635 g/mol. The number of nitrogens with zero attached hydrogens (tertiary/aromatic N) is 1. The summed E-state index contributed by atoms with van der Waals surface area (Å²) in [6.45, 7) is 2.82. The summed E-state index contributed by atoms with van der Waals surface area (Å²) in [5, 5.41) is 2.92. The molecule has 1 aliphatic rings. The smallest absolute Gasteiger partial charge is 0.223 e.